The Kier molecular flexibility index (Phi) is 4.06. The number of thiophene rings is 1. The SMILES string of the molecule is O=C(CNc1ccc([N+](=O)[O-])cc1)N1CCc2sccc2C1. The van der Waals surface area contributed by atoms with Crippen molar-refractivity contribution in [1.29, 1.82) is 0 Å². The van der Waals surface area contributed by atoms with Crippen LogP contribution in [0.25, 0.3) is 0 Å². The molecule has 2 aromatic rings. The van der Waals surface area contributed by atoms with Gasteiger partial charge in [-0.25, -0.2) is 0 Å². The topological polar surface area (TPSA) is 75.5 Å². The number of fused-ring (bicyclic) bond motifs is 1. The molecule has 2 heterocycles. The molecule has 0 unspecified atom stereocenters. The van der Waals surface area contributed by atoms with Gasteiger partial charge in [0, 0.05) is 35.8 Å². The van der Waals surface area contributed by atoms with Crippen molar-refractivity contribution in [2.45, 2.75) is 13.0 Å². The van der Waals surface area contributed by atoms with Crippen LogP contribution in [0.15, 0.2) is 35.7 Å². The molecule has 7 heteroatoms. The molecule has 0 spiro atoms. The second kappa shape index (κ2) is 6.15. The van der Waals surface area contributed by atoms with Gasteiger partial charge in [0.1, 0.15) is 0 Å². The molecular weight excluding hydrogens is 302 g/mol. The molecule has 0 atom stereocenters. The number of nitrogens with one attached hydrogen (secondary N) is 1. The predicted octanol–water partition coefficient (Wildman–Crippen LogP) is 2.65. The Morgan fingerprint density at radius 2 is 2.09 bits per heavy atom. The number of nitrogens with zero attached hydrogens (tertiary/aromatic N) is 2. The van der Waals surface area contributed by atoms with Crippen molar-refractivity contribution in [3.63, 3.8) is 0 Å². The molecule has 0 fully saturated rings. The van der Waals surface area contributed by atoms with Crippen LogP contribution in [0.2, 0.25) is 0 Å². The monoisotopic (exact) mass is 317 g/mol. The number of hydrogen-bond acceptors (Lipinski definition) is 5. The molecule has 1 aromatic carbocycles. The minimum atomic E-state index is -0.443. The Hall–Kier alpha value is -2.41. The maximum Gasteiger partial charge on any atom is 0.269 e. The average molecular weight is 317 g/mol. The third kappa shape index (κ3) is 3.09. The first-order chi connectivity index (χ1) is 10.6. The molecule has 0 aliphatic carbocycles. The number of nitro groups is 1. The number of benzene rings is 1. The molecule has 0 saturated carbocycles. The van der Waals surface area contributed by atoms with Crippen molar-refractivity contribution in [3.05, 3.63) is 56.3 Å². The lowest BCUT2D eigenvalue weighted by Gasteiger charge is -2.27. The number of carbonyl (C=O) groups excluding carboxylic acids is 1. The van der Waals surface area contributed by atoms with E-state index in [9.17, 15) is 14.9 Å². The summed E-state index contributed by atoms with van der Waals surface area (Å²) >= 11 is 1.74. The minimum Gasteiger partial charge on any atom is -0.376 e. The van der Waals surface area contributed by atoms with Crippen LogP contribution >= 0.6 is 11.3 Å². The summed E-state index contributed by atoms with van der Waals surface area (Å²) < 4.78 is 0. The highest BCUT2D eigenvalue weighted by molar-refractivity contribution is 7.10. The van der Waals surface area contributed by atoms with E-state index in [0.717, 1.165) is 13.0 Å². The van der Waals surface area contributed by atoms with Gasteiger partial charge in [-0.2, -0.15) is 0 Å². The number of rotatable bonds is 4. The summed E-state index contributed by atoms with van der Waals surface area (Å²) in [5.74, 6) is 0.0372. The zero-order chi connectivity index (χ0) is 15.5. The molecule has 6 nitrogen and oxygen atoms in total. The Labute approximate surface area is 131 Å². The van der Waals surface area contributed by atoms with E-state index in [4.69, 9.17) is 0 Å². The molecule has 1 aliphatic heterocycles. The van der Waals surface area contributed by atoms with Crippen LogP contribution in [-0.2, 0) is 17.8 Å². The van der Waals surface area contributed by atoms with Crippen LogP contribution < -0.4 is 5.32 Å². The summed E-state index contributed by atoms with van der Waals surface area (Å²) in [6, 6.07) is 8.14. The van der Waals surface area contributed by atoms with Crippen LogP contribution in [0.3, 0.4) is 0 Å². The standard InChI is InChI=1S/C15H15N3O3S/c19-15(17-7-5-14-11(10-17)6-8-22-14)9-16-12-1-3-13(4-2-12)18(20)21/h1-4,6,8,16H,5,7,9-10H2. The fourth-order valence-corrected chi connectivity index (χ4v) is 3.34. The maximum absolute atomic E-state index is 12.2. The molecule has 1 aliphatic rings. The number of anilines is 1. The first-order valence-corrected chi connectivity index (χ1v) is 7.83. The van der Waals surface area contributed by atoms with Crippen molar-refractivity contribution in [2.75, 3.05) is 18.4 Å². The van der Waals surface area contributed by atoms with Crippen LogP contribution in [0.4, 0.5) is 11.4 Å². The zero-order valence-electron chi connectivity index (χ0n) is 11.8. The third-order valence-corrected chi connectivity index (χ3v) is 4.71. The Morgan fingerprint density at radius 3 is 2.82 bits per heavy atom. The highest BCUT2D eigenvalue weighted by atomic mass is 32.1. The van der Waals surface area contributed by atoms with Crippen molar-refractivity contribution in [1.82, 2.24) is 4.90 Å². The van der Waals surface area contributed by atoms with E-state index in [0.29, 0.717) is 12.2 Å². The van der Waals surface area contributed by atoms with E-state index >= 15 is 0 Å². The van der Waals surface area contributed by atoms with Crippen molar-refractivity contribution in [2.24, 2.45) is 0 Å². The van der Waals surface area contributed by atoms with E-state index in [1.165, 1.54) is 22.6 Å². The van der Waals surface area contributed by atoms with Gasteiger partial charge in [0.25, 0.3) is 5.69 Å². The van der Waals surface area contributed by atoms with E-state index in [1.807, 2.05) is 4.90 Å². The summed E-state index contributed by atoms with van der Waals surface area (Å²) in [5, 5.41) is 15.7. The number of non-ortho nitro benzene ring substituents is 1. The third-order valence-electron chi connectivity index (χ3n) is 3.68. The van der Waals surface area contributed by atoms with Crippen molar-refractivity contribution >= 4 is 28.6 Å². The first kappa shape index (κ1) is 14.5. The number of nitro benzene ring substituents is 1. The molecule has 3 rings (SSSR count). The summed E-state index contributed by atoms with van der Waals surface area (Å²) in [5.41, 5.74) is 1.98. The lowest BCUT2D eigenvalue weighted by molar-refractivity contribution is -0.384. The molecule has 1 amide bonds. The fourth-order valence-electron chi connectivity index (χ4n) is 2.45. The number of hydrogen-bond donors (Lipinski definition) is 1. The fraction of sp³-hybridized carbons (Fsp3) is 0.267. The molecule has 22 heavy (non-hydrogen) atoms. The molecular formula is C15H15N3O3S. The summed E-state index contributed by atoms with van der Waals surface area (Å²) in [6.45, 7) is 1.60. The molecule has 0 bridgehead atoms. The minimum absolute atomic E-state index is 0.0372. The Morgan fingerprint density at radius 1 is 1.32 bits per heavy atom. The second-order valence-corrected chi connectivity index (χ2v) is 6.09. The molecule has 114 valence electrons. The summed E-state index contributed by atoms with van der Waals surface area (Å²) in [6.07, 6.45) is 0.913. The van der Waals surface area contributed by atoms with Gasteiger partial charge < -0.3 is 10.2 Å². The van der Waals surface area contributed by atoms with E-state index in [1.54, 1.807) is 23.5 Å². The Bertz CT molecular complexity index is 696. The van der Waals surface area contributed by atoms with Gasteiger partial charge >= 0.3 is 0 Å². The number of amides is 1. The van der Waals surface area contributed by atoms with Crippen molar-refractivity contribution in [3.8, 4) is 0 Å². The van der Waals surface area contributed by atoms with E-state index < -0.39 is 4.92 Å². The van der Waals surface area contributed by atoms with E-state index in [2.05, 4.69) is 16.8 Å². The molecule has 0 radical (unpaired) electrons. The smallest absolute Gasteiger partial charge is 0.269 e. The lowest BCUT2D eigenvalue weighted by atomic mass is 10.1. The Balaban J connectivity index is 1.55. The largest absolute Gasteiger partial charge is 0.376 e. The van der Waals surface area contributed by atoms with Gasteiger partial charge in [-0.05, 0) is 35.6 Å². The predicted molar refractivity (Wildman–Crippen MR) is 85.0 cm³/mol. The molecule has 1 aromatic heterocycles. The highest BCUT2D eigenvalue weighted by Crippen LogP contribution is 2.24. The number of carbonyl (C=O) groups is 1. The summed E-state index contributed by atoms with van der Waals surface area (Å²) in [7, 11) is 0. The first-order valence-electron chi connectivity index (χ1n) is 6.95. The lowest BCUT2D eigenvalue weighted by Crippen LogP contribution is -2.38. The van der Waals surface area contributed by atoms with Gasteiger partial charge in [0.15, 0.2) is 0 Å². The van der Waals surface area contributed by atoms with Gasteiger partial charge in [-0.15, -0.1) is 11.3 Å². The van der Waals surface area contributed by atoms with Crippen LogP contribution in [0.1, 0.15) is 10.4 Å². The van der Waals surface area contributed by atoms with E-state index in [-0.39, 0.29) is 18.1 Å². The van der Waals surface area contributed by atoms with Gasteiger partial charge in [-0.3, -0.25) is 14.9 Å². The second-order valence-electron chi connectivity index (χ2n) is 5.09. The normalized spacial score (nSPS) is 13.5. The quantitative estimate of drug-likeness (QED) is 0.695. The average Bonchev–Trinajstić information content (AvgIpc) is 3.00. The molecule has 0 saturated heterocycles. The highest BCUT2D eigenvalue weighted by Gasteiger charge is 2.21. The van der Waals surface area contributed by atoms with Crippen LogP contribution in [0, 0.1) is 10.1 Å². The van der Waals surface area contributed by atoms with Gasteiger partial charge in [0.2, 0.25) is 5.91 Å². The van der Waals surface area contributed by atoms with Gasteiger partial charge in [-0.1, -0.05) is 0 Å². The summed E-state index contributed by atoms with van der Waals surface area (Å²) in [4.78, 5) is 25.6. The zero-order valence-corrected chi connectivity index (χ0v) is 12.6. The molecule has 1 N–H and O–H groups in total. The van der Waals surface area contributed by atoms with Crippen molar-refractivity contribution < 1.29 is 9.72 Å². The van der Waals surface area contributed by atoms with Crippen LogP contribution in [-0.4, -0.2) is 28.8 Å². The maximum atomic E-state index is 12.2. The van der Waals surface area contributed by atoms with Gasteiger partial charge in [0.05, 0.1) is 11.5 Å². The van der Waals surface area contributed by atoms with Crippen LogP contribution in [0.5, 0.6) is 0 Å².